The fourth-order valence-electron chi connectivity index (χ4n) is 1.54. The van der Waals surface area contributed by atoms with Crippen molar-refractivity contribution in [3.8, 4) is 0 Å². The van der Waals surface area contributed by atoms with Crippen molar-refractivity contribution in [1.82, 2.24) is 15.0 Å². The number of hydrogen-bond acceptors (Lipinski definition) is 4. The molecular formula is C12H13N3O2S. The first-order chi connectivity index (χ1) is 8.72. The van der Waals surface area contributed by atoms with Crippen LogP contribution in [-0.2, 0) is 11.3 Å². The Morgan fingerprint density at radius 3 is 2.83 bits per heavy atom. The molecule has 0 aliphatic rings. The Hall–Kier alpha value is -1.95. The normalized spacial score (nSPS) is 10.3. The number of aromatic nitrogens is 3. The lowest BCUT2D eigenvalue weighted by Gasteiger charge is -2.01. The largest absolute Gasteiger partial charge is 0.461 e. The Kier molecular flexibility index (Phi) is 3.88. The highest BCUT2D eigenvalue weighted by Crippen LogP contribution is 2.05. The minimum absolute atomic E-state index is 0.155. The summed E-state index contributed by atoms with van der Waals surface area (Å²) in [7, 11) is 0. The number of rotatable bonds is 4. The maximum atomic E-state index is 11.5. The van der Waals surface area contributed by atoms with Gasteiger partial charge in [0.2, 0.25) is 5.69 Å². The Morgan fingerprint density at radius 2 is 2.17 bits per heavy atom. The van der Waals surface area contributed by atoms with E-state index in [2.05, 4.69) is 10.3 Å². The number of nitrogens with one attached hydrogen (secondary N) is 1. The quantitative estimate of drug-likeness (QED) is 0.678. The summed E-state index contributed by atoms with van der Waals surface area (Å²) < 4.78 is 6.87. The van der Waals surface area contributed by atoms with E-state index in [4.69, 9.17) is 17.0 Å². The van der Waals surface area contributed by atoms with E-state index in [-0.39, 0.29) is 5.69 Å². The fourth-order valence-corrected chi connectivity index (χ4v) is 1.77. The van der Waals surface area contributed by atoms with E-state index in [1.807, 2.05) is 30.3 Å². The average molecular weight is 263 g/mol. The number of benzene rings is 1. The molecule has 0 saturated heterocycles. The van der Waals surface area contributed by atoms with Gasteiger partial charge in [0.1, 0.15) is 0 Å². The van der Waals surface area contributed by atoms with Crippen LogP contribution < -0.4 is 0 Å². The van der Waals surface area contributed by atoms with Crippen LogP contribution in [0.15, 0.2) is 30.3 Å². The zero-order chi connectivity index (χ0) is 13.0. The summed E-state index contributed by atoms with van der Waals surface area (Å²) in [6.07, 6.45) is 0. The van der Waals surface area contributed by atoms with Gasteiger partial charge in [0.15, 0.2) is 4.64 Å². The van der Waals surface area contributed by atoms with E-state index in [0.717, 1.165) is 5.56 Å². The second-order valence-electron chi connectivity index (χ2n) is 3.66. The molecule has 0 fully saturated rings. The van der Waals surface area contributed by atoms with Crippen molar-refractivity contribution in [2.45, 2.75) is 13.5 Å². The molecule has 18 heavy (non-hydrogen) atoms. The van der Waals surface area contributed by atoms with Crippen LogP contribution in [0.2, 0.25) is 0 Å². The summed E-state index contributed by atoms with van der Waals surface area (Å²) >= 11 is 5.18. The second kappa shape index (κ2) is 5.59. The molecule has 94 valence electrons. The van der Waals surface area contributed by atoms with Crippen molar-refractivity contribution in [1.29, 1.82) is 0 Å². The topological polar surface area (TPSA) is 59.9 Å². The van der Waals surface area contributed by atoms with Crippen molar-refractivity contribution in [3.05, 3.63) is 46.2 Å². The highest BCUT2D eigenvalue weighted by molar-refractivity contribution is 7.71. The molecule has 1 aromatic carbocycles. The molecule has 0 aliphatic heterocycles. The predicted molar refractivity (Wildman–Crippen MR) is 68.9 cm³/mol. The van der Waals surface area contributed by atoms with Crippen LogP contribution in [0.25, 0.3) is 0 Å². The van der Waals surface area contributed by atoms with Crippen LogP contribution in [0.3, 0.4) is 0 Å². The molecule has 0 saturated carbocycles. The number of ether oxygens (including phenoxy) is 1. The second-order valence-corrected chi connectivity index (χ2v) is 4.04. The molecule has 6 heteroatoms. The van der Waals surface area contributed by atoms with Crippen LogP contribution in [0.5, 0.6) is 0 Å². The van der Waals surface area contributed by atoms with E-state index in [0.29, 0.717) is 17.8 Å². The van der Waals surface area contributed by atoms with E-state index < -0.39 is 5.97 Å². The van der Waals surface area contributed by atoms with Gasteiger partial charge in [-0.1, -0.05) is 42.5 Å². The van der Waals surface area contributed by atoms with Gasteiger partial charge in [-0.05, 0) is 12.5 Å². The number of hydrogen-bond donors (Lipinski definition) is 1. The van der Waals surface area contributed by atoms with Crippen molar-refractivity contribution in [2.75, 3.05) is 6.61 Å². The summed E-state index contributed by atoms with van der Waals surface area (Å²) in [5.41, 5.74) is 1.23. The van der Waals surface area contributed by atoms with Crippen LogP contribution in [0.1, 0.15) is 23.0 Å². The van der Waals surface area contributed by atoms with Gasteiger partial charge in [0.25, 0.3) is 0 Å². The molecule has 0 atom stereocenters. The van der Waals surface area contributed by atoms with E-state index in [1.54, 1.807) is 11.6 Å². The van der Waals surface area contributed by atoms with Crippen LogP contribution in [0.4, 0.5) is 0 Å². The lowest BCUT2D eigenvalue weighted by atomic mass is 10.2. The molecule has 0 aliphatic carbocycles. The van der Waals surface area contributed by atoms with Crippen molar-refractivity contribution < 1.29 is 9.53 Å². The molecule has 1 N–H and O–H groups in total. The van der Waals surface area contributed by atoms with Crippen LogP contribution in [-0.4, -0.2) is 27.6 Å². The third kappa shape index (κ3) is 2.65. The molecule has 0 bridgehead atoms. The number of H-pyrrole nitrogens is 1. The first-order valence-corrected chi connectivity index (χ1v) is 5.99. The Labute approximate surface area is 109 Å². The predicted octanol–water partition coefficient (Wildman–Crippen LogP) is 2.17. The Morgan fingerprint density at radius 1 is 1.44 bits per heavy atom. The maximum Gasteiger partial charge on any atom is 0.362 e. The van der Waals surface area contributed by atoms with Crippen molar-refractivity contribution in [3.63, 3.8) is 0 Å². The molecule has 1 aromatic heterocycles. The van der Waals surface area contributed by atoms with E-state index in [9.17, 15) is 4.79 Å². The molecule has 0 amide bonds. The Bertz CT molecular complexity index is 589. The maximum absolute atomic E-state index is 11.5. The summed E-state index contributed by atoms with van der Waals surface area (Å²) in [5, 5.41) is 6.61. The third-order valence-electron chi connectivity index (χ3n) is 2.38. The minimum Gasteiger partial charge on any atom is -0.461 e. The molecule has 0 radical (unpaired) electrons. The number of carbonyl (C=O) groups excluding carboxylic acids is 1. The van der Waals surface area contributed by atoms with E-state index >= 15 is 0 Å². The van der Waals surface area contributed by atoms with Gasteiger partial charge in [-0.3, -0.25) is 4.68 Å². The van der Waals surface area contributed by atoms with Crippen LogP contribution in [0, 0.1) is 4.64 Å². The van der Waals surface area contributed by atoms with Gasteiger partial charge in [0, 0.05) is 0 Å². The first kappa shape index (κ1) is 12.5. The lowest BCUT2D eigenvalue weighted by Crippen LogP contribution is -2.06. The SMILES string of the molecule is CCOC(=O)c1n[nH]n(Cc2ccccc2)c1=S. The molecule has 0 spiro atoms. The first-order valence-electron chi connectivity index (χ1n) is 5.58. The highest BCUT2D eigenvalue weighted by atomic mass is 32.1. The van der Waals surface area contributed by atoms with Gasteiger partial charge in [-0.2, -0.15) is 0 Å². The lowest BCUT2D eigenvalue weighted by molar-refractivity contribution is 0.0518. The van der Waals surface area contributed by atoms with Crippen molar-refractivity contribution >= 4 is 18.2 Å². The molecular weight excluding hydrogens is 250 g/mol. The van der Waals surface area contributed by atoms with Gasteiger partial charge < -0.3 is 4.74 Å². The molecule has 5 nitrogen and oxygen atoms in total. The van der Waals surface area contributed by atoms with Gasteiger partial charge >= 0.3 is 5.97 Å². The molecule has 2 aromatic rings. The third-order valence-corrected chi connectivity index (χ3v) is 2.80. The van der Waals surface area contributed by atoms with Gasteiger partial charge in [-0.15, -0.1) is 5.10 Å². The summed E-state index contributed by atoms with van der Waals surface area (Å²) in [5.74, 6) is -0.495. The molecule has 0 unspecified atom stereocenters. The van der Waals surface area contributed by atoms with Crippen molar-refractivity contribution in [2.24, 2.45) is 0 Å². The monoisotopic (exact) mass is 263 g/mol. The minimum atomic E-state index is -0.495. The van der Waals surface area contributed by atoms with Crippen LogP contribution >= 0.6 is 12.2 Å². The zero-order valence-electron chi connectivity index (χ0n) is 9.92. The van der Waals surface area contributed by atoms with Gasteiger partial charge in [-0.25, -0.2) is 10.0 Å². The number of aromatic amines is 1. The smallest absolute Gasteiger partial charge is 0.362 e. The summed E-state index contributed by atoms with van der Waals surface area (Å²) in [6.45, 7) is 2.59. The standard InChI is InChI=1S/C12H13N3O2S/c1-2-17-12(16)10-11(18)15(14-13-10)8-9-6-4-3-5-7-9/h3-7,14H,2,8H2,1H3. The molecule has 1 heterocycles. The summed E-state index contributed by atoms with van der Waals surface area (Å²) in [4.78, 5) is 11.5. The van der Waals surface area contributed by atoms with Gasteiger partial charge in [0.05, 0.1) is 13.2 Å². The zero-order valence-corrected chi connectivity index (χ0v) is 10.7. The number of nitrogens with zero attached hydrogens (tertiary/aromatic N) is 2. The number of carbonyl (C=O) groups is 1. The fraction of sp³-hybridized carbons (Fsp3) is 0.250. The number of esters is 1. The van der Waals surface area contributed by atoms with E-state index in [1.165, 1.54) is 0 Å². The Balaban J connectivity index is 2.21. The molecule has 2 rings (SSSR count). The average Bonchev–Trinajstić information content (AvgIpc) is 2.73. The summed E-state index contributed by atoms with van der Waals surface area (Å²) in [6, 6.07) is 9.79. The highest BCUT2D eigenvalue weighted by Gasteiger charge is 2.14.